The van der Waals surface area contributed by atoms with E-state index in [1.54, 1.807) is 12.3 Å². The van der Waals surface area contributed by atoms with Crippen LogP contribution >= 0.6 is 11.3 Å². The summed E-state index contributed by atoms with van der Waals surface area (Å²) in [4.78, 5) is 17.8. The molecule has 172 valence electrons. The second kappa shape index (κ2) is 8.10. The molecule has 4 unspecified atom stereocenters. The molecule has 0 aliphatic heterocycles. The van der Waals surface area contributed by atoms with Crippen molar-refractivity contribution < 1.29 is 19.4 Å². The van der Waals surface area contributed by atoms with Gasteiger partial charge in [-0.2, -0.15) is 0 Å². The lowest BCUT2D eigenvalue weighted by atomic mass is 9.53. The zero-order chi connectivity index (χ0) is 22.6. The highest BCUT2D eigenvalue weighted by Gasteiger charge is 2.58. The number of halogens is 1. The number of anilines is 1. The summed E-state index contributed by atoms with van der Waals surface area (Å²) in [5.41, 5.74) is 1.94. The number of aromatic nitrogens is 1. The fourth-order valence-electron chi connectivity index (χ4n) is 7.05. The van der Waals surface area contributed by atoms with Gasteiger partial charge in [-0.1, -0.05) is 6.92 Å². The van der Waals surface area contributed by atoms with Crippen LogP contribution in [0.15, 0.2) is 18.3 Å². The van der Waals surface area contributed by atoms with E-state index in [1.807, 2.05) is 6.92 Å². The Bertz CT molecular complexity index is 1040. The number of fused-ring (bicyclic) bond motifs is 5. The fourth-order valence-corrected chi connectivity index (χ4v) is 7.73. The number of hydrogen-bond donors (Lipinski definition) is 3. The molecule has 1 amide bonds. The highest BCUT2D eigenvalue weighted by Crippen LogP contribution is 2.63. The number of aliphatic hydroxyl groups excluding tert-OH is 1. The predicted octanol–water partition coefficient (Wildman–Crippen LogP) is 5.16. The zero-order valence-electron chi connectivity index (χ0n) is 18.6. The number of hydrogen-bond acceptors (Lipinski definition) is 5. The molecule has 5 rings (SSSR count). The molecule has 3 aliphatic rings. The number of aliphatic hydroxyl groups is 1. The number of nitrogens with zero attached hydrogens (tertiary/aromatic N) is 1. The highest BCUT2D eigenvalue weighted by molar-refractivity contribution is 7.15. The number of phenols is 1. The van der Waals surface area contributed by atoms with Crippen LogP contribution in [0.4, 0.5) is 9.52 Å². The lowest BCUT2D eigenvalue weighted by Crippen LogP contribution is -2.45. The van der Waals surface area contributed by atoms with E-state index in [9.17, 15) is 19.4 Å². The van der Waals surface area contributed by atoms with Crippen LogP contribution in [0.3, 0.4) is 0 Å². The number of nitrogens with one attached hydrogen (secondary N) is 1. The number of thiazole rings is 1. The van der Waals surface area contributed by atoms with Crippen molar-refractivity contribution >= 4 is 22.4 Å². The van der Waals surface area contributed by atoms with E-state index in [2.05, 4.69) is 17.2 Å². The van der Waals surface area contributed by atoms with E-state index in [0.29, 0.717) is 23.4 Å². The number of aromatic hydroxyl groups is 1. The first-order chi connectivity index (χ1) is 15.3. The normalized spacial score (nSPS) is 33.3. The smallest absolute Gasteiger partial charge is 0.226 e. The molecule has 1 aromatic heterocycles. The average Bonchev–Trinajstić information content (AvgIpc) is 3.27. The van der Waals surface area contributed by atoms with Gasteiger partial charge in [0.15, 0.2) is 16.7 Å². The molecule has 6 atom stereocenters. The van der Waals surface area contributed by atoms with Crippen LogP contribution in [-0.2, 0) is 11.2 Å². The van der Waals surface area contributed by atoms with E-state index >= 15 is 0 Å². The zero-order valence-corrected chi connectivity index (χ0v) is 19.4. The molecule has 1 heterocycles. The fraction of sp³-hybridized carbons (Fsp3) is 0.600. The first-order valence-corrected chi connectivity index (χ1v) is 12.5. The molecule has 0 radical (unpaired) electrons. The van der Waals surface area contributed by atoms with Gasteiger partial charge in [-0.05, 0) is 97.8 Å². The van der Waals surface area contributed by atoms with Gasteiger partial charge in [0.2, 0.25) is 5.91 Å². The van der Waals surface area contributed by atoms with Crippen molar-refractivity contribution in [1.82, 2.24) is 4.98 Å². The predicted molar refractivity (Wildman–Crippen MR) is 122 cm³/mol. The monoisotopic (exact) mass is 458 g/mol. The molecule has 3 aliphatic carbocycles. The maximum Gasteiger partial charge on any atom is 0.226 e. The topological polar surface area (TPSA) is 82.5 Å². The van der Waals surface area contributed by atoms with Crippen molar-refractivity contribution in [2.45, 2.75) is 70.8 Å². The van der Waals surface area contributed by atoms with E-state index in [4.69, 9.17) is 0 Å². The molecule has 0 saturated heterocycles. The van der Waals surface area contributed by atoms with Gasteiger partial charge in [-0.15, -0.1) is 11.3 Å². The van der Waals surface area contributed by atoms with Crippen LogP contribution in [-0.4, -0.2) is 27.2 Å². The molecule has 0 spiro atoms. The molecule has 3 N–H and O–H groups in total. The van der Waals surface area contributed by atoms with Gasteiger partial charge < -0.3 is 15.5 Å². The van der Waals surface area contributed by atoms with Crippen molar-refractivity contribution in [3.8, 4) is 5.75 Å². The Labute approximate surface area is 192 Å². The van der Waals surface area contributed by atoms with Crippen LogP contribution in [0.1, 0.15) is 67.4 Å². The minimum absolute atomic E-state index is 0.0265. The summed E-state index contributed by atoms with van der Waals surface area (Å²) in [5, 5.41) is 24.4. The largest absolute Gasteiger partial charge is 0.505 e. The number of amides is 1. The van der Waals surface area contributed by atoms with Crippen molar-refractivity contribution in [2.24, 2.45) is 23.2 Å². The number of carbonyl (C=O) groups excluding carboxylic acids is 1. The standard InChI is InChI=1S/C25H31FN2O3S/c1-13-12-27-24(32-13)28-22(31)6-4-15-10-21(30)25(2)8-7-16-17(23(15)25)5-3-14-9-20(29)19(26)11-18(14)16/h9,11-12,15-17,21,23,29-30H,3-8,10H2,1-2H3,(H,27,28,31)/t15-,16?,17?,21?,23?,25-/m1/s1. The van der Waals surface area contributed by atoms with Crippen molar-refractivity contribution in [3.05, 3.63) is 40.2 Å². The van der Waals surface area contributed by atoms with E-state index in [1.165, 1.54) is 17.4 Å². The quantitative estimate of drug-likeness (QED) is 0.591. The summed E-state index contributed by atoms with van der Waals surface area (Å²) in [6.45, 7) is 4.17. The molecule has 0 bridgehead atoms. The van der Waals surface area contributed by atoms with Crippen LogP contribution in [0.2, 0.25) is 0 Å². The average molecular weight is 459 g/mol. The van der Waals surface area contributed by atoms with Crippen molar-refractivity contribution in [1.29, 1.82) is 0 Å². The van der Waals surface area contributed by atoms with Crippen LogP contribution in [0.5, 0.6) is 5.75 Å². The maximum absolute atomic E-state index is 14.2. The molecular formula is C25H31FN2O3S. The van der Waals surface area contributed by atoms with Crippen molar-refractivity contribution in [3.63, 3.8) is 0 Å². The van der Waals surface area contributed by atoms with Gasteiger partial charge in [-0.25, -0.2) is 9.37 Å². The molecular weight excluding hydrogens is 427 g/mol. The van der Waals surface area contributed by atoms with Gasteiger partial charge >= 0.3 is 0 Å². The van der Waals surface area contributed by atoms with Gasteiger partial charge in [0.05, 0.1) is 6.10 Å². The van der Waals surface area contributed by atoms with Crippen molar-refractivity contribution in [2.75, 3.05) is 5.32 Å². The van der Waals surface area contributed by atoms with Gasteiger partial charge in [0.1, 0.15) is 0 Å². The molecule has 2 fully saturated rings. The summed E-state index contributed by atoms with van der Waals surface area (Å²) < 4.78 is 14.2. The SMILES string of the molecule is Cc1cnc(NC(=O)CC[C@@H]2CC(O)[C@@]3(C)CCC4c5cc(F)c(O)cc5CCC4C23)s1. The molecule has 2 saturated carbocycles. The second-order valence-corrected chi connectivity index (χ2v) is 11.5. The number of rotatable bonds is 4. The maximum atomic E-state index is 14.2. The second-order valence-electron chi connectivity index (χ2n) is 10.3. The minimum atomic E-state index is -0.546. The Morgan fingerprint density at radius 2 is 2.19 bits per heavy atom. The van der Waals surface area contributed by atoms with Gasteiger partial charge in [0, 0.05) is 17.5 Å². The molecule has 2 aromatic rings. The van der Waals surface area contributed by atoms with E-state index in [-0.39, 0.29) is 35.0 Å². The van der Waals surface area contributed by atoms with Gasteiger partial charge in [0.25, 0.3) is 0 Å². The molecule has 5 nitrogen and oxygen atoms in total. The Kier molecular flexibility index (Phi) is 5.53. The Balaban J connectivity index is 1.34. The molecule has 1 aromatic carbocycles. The lowest BCUT2D eigenvalue weighted by Gasteiger charge is -2.51. The Hall–Kier alpha value is -1.99. The summed E-state index contributed by atoms with van der Waals surface area (Å²) >= 11 is 1.47. The van der Waals surface area contributed by atoms with Crippen LogP contribution in [0, 0.1) is 35.9 Å². The van der Waals surface area contributed by atoms with Crippen LogP contribution in [0.25, 0.3) is 0 Å². The third kappa shape index (κ3) is 3.63. The summed E-state index contributed by atoms with van der Waals surface area (Å²) in [5.74, 6) is 0.379. The first kappa shape index (κ1) is 21.8. The number of phenolic OH excluding ortho intramolecular Hbond substituents is 1. The number of aryl methyl sites for hydroxylation is 2. The third-order valence-corrected chi connectivity index (χ3v) is 9.32. The summed E-state index contributed by atoms with van der Waals surface area (Å²) in [7, 11) is 0. The molecule has 7 heteroatoms. The first-order valence-electron chi connectivity index (χ1n) is 11.7. The van der Waals surface area contributed by atoms with Crippen LogP contribution < -0.4 is 5.32 Å². The highest BCUT2D eigenvalue weighted by atomic mass is 32.1. The molecule has 32 heavy (non-hydrogen) atoms. The number of carbonyl (C=O) groups is 1. The van der Waals surface area contributed by atoms with E-state index in [0.717, 1.165) is 54.5 Å². The Morgan fingerprint density at radius 3 is 2.94 bits per heavy atom. The lowest BCUT2D eigenvalue weighted by molar-refractivity contribution is -0.116. The van der Waals surface area contributed by atoms with Gasteiger partial charge in [-0.3, -0.25) is 4.79 Å². The summed E-state index contributed by atoms with van der Waals surface area (Å²) in [6, 6.07) is 3.13. The Morgan fingerprint density at radius 1 is 1.38 bits per heavy atom. The summed E-state index contributed by atoms with van der Waals surface area (Å²) in [6.07, 6.45) is 6.93. The minimum Gasteiger partial charge on any atom is -0.505 e. The number of benzene rings is 1. The van der Waals surface area contributed by atoms with E-state index < -0.39 is 5.82 Å². The third-order valence-electron chi connectivity index (χ3n) is 8.49.